The fraction of sp³-hybridized carbons (Fsp3) is 0.500. The number of rotatable bonds is 6. The van der Waals surface area contributed by atoms with Crippen molar-refractivity contribution in [3.8, 4) is 5.75 Å². The molecule has 18 heavy (non-hydrogen) atoms. The first-order chi connectivity index (χ1) is 8.52. The van der Waals surface area contributed by atoms with Crippen molar-refractivity contribution in [3.63, 3.8) is 0 Å². The van der Waals surface area contributed by atoms with Crippen LogP contribution in [0.15, 0.2) is 24.3 Å². The molecule has 4 nitrogen and oxygen atoms in total. The normalized spacial score (nSPS) is 12.3. The minimum absolute atomic E-state index is 0.0407. The Hall–Kier alpha value is -1.55. The number of nitrogens with two attached hydrogens (primary N) is 1. The summed E-state index contributed by atoms with van der Waals surface area (Å²) in [5, 5.41) is 2.89. The van der Waals surface area contributed by atoms with Crippen LogP contribution in [0.25, 0.3) is 0 Å². The average molecular weight is 250 g/mol. The molecule has 0 spiro atoms. The molecule has 1 aromatic carbocycles. The van der Waals surface area contributed by atoms with Gasteiger partial charge in [0.1, 0.15) is 5.75 Å². The molecular formula is C14H22N2O2. The summed E-state index contributed by atoms with van der Waals surface area (Å²) in [7, 11) is 0. The van der Waals surface area contributed by atoms with Crippen LogP contribution in [0.3, 0.4) is 0 Å². The van der Waals surface area contributed by atoms with Gasteiger partial charge in [0.2, 0.25) is 0 Å². The van der Waals surface area contributed by atoms with Gasteiger partial charge in [-0.05, 0) is 30.5 Å². The Labute approximate surface area is 109 Å². The summed E-state index contributed by atoms with van der Waals surface area (Å²) in [6, 6.07) is 7.58. The predicted octanol–water partition coefficient (Wildman–Crippen LogP) is 1.68. The molecule has 4 heteroatoms. The van der Waals surface area contributed by atoms with Crippen molar-refractivity contribution in [1.29, 1.82) is 0 Å². The Balaban J connectivity index is 2.37. The summed E-state index contributed by atoms with van der Waals surface area (Å²) in [5.74, 6) is 0.997. The van der Waals surface area contributed by atoms with E-state index in [4.69, 9.17) is 10.5 Å². The summed E-state index contributed by atoms with van der Waals surface area (Å²) in [6.07, 6.45) is 0. The Morgan fingerprint density at radius 3 is 2.39 bits per heavy atom. The van der Waals surface area contributed by atoms with Gasteiger partial charge in [-0.2, -0.15) is 0 Å². The van der Waals surface area contributed by atoms with Crippen LogP contribution in [0.1, 0.15) is 26.3 Å². The van der Waals surface area contributed by atoms with Gasteiger partial charge in [-0.1, -0.05) is 26.0 Å². The van der Waals surface area contributed by atoms with E-state index >= 15 is 0 Å². The second-order valence-electron chi connectivity index (χ2n) is 4.74. The molecular weight excluding hydrogens is 228 g/mol. The fourth-order valence-corrected chi connectivity index (χ4v) is 1.33. The maximum absolute atomic E-state index is 11.6. The van der Waals surface area contributed by atoms with Crippen molar-refractivity contribution in [3.05, 3.63) is 29.8 Å². The Morgan fingerprint density at radius 2 is 1.89 bits per heavy atom. The Bertz CT molecular complexity index is 374. The molecule has 1 amide bonds. The summed E-state index contributed by atoms with van der Waals surface area (Å²) >= 11 is 0. The topological polar surface area (TPSA) is 64.3 Å². The minimum atomic E-state index is -0.0981. The van der Waals surface area contributed by atoms with Crippen molar-refractivity contribution < 1.29 is 9.53 Å². The molecule has 0 aliphatic carbocycles. The number of ether oxygens (including phenoxy) is 1. The van der Waals surface area contributed by atoms with Crippen molar-refractivity contribution in [2.75, 3.05) is 6.61 Å². The van der Waals surface area contributed by atoms with Gasteiger partial charge in [-0.3, -0.25) is 4.79 Å². The molecule has 3 N–H and O–H groups in total. The zero-order chi connectivity index (χ0) is 13.5. The lowest BCUT2D eigenvalue weighted by molar-refractivity contribution is -0.124. The van der Waals surface area contributed by atoms with Gasteiger partial charge in [-0.15, -0.1) is 0 Å². The van der Waals surface area contributed by atoms with Crippen LogP contribution < -0.4 is 15.8 Å². The molecule has 0 fully saturated rings. The van der Waals surface area contributed by atoms with E-state index in [1.54, 1.807) is 0 Å². The molecule has 0 saturated heterocycles. The molecule has 0 saturated carbocycles. The third-order valence-corrected chi connectivity index (χ3v) is 2.92. The standard InChI is InChI=1S/C14H22N2O2/c1-10(2)11(3)16-14(17)9-18-13-6-4-12(8-15)5-7-13/h4-7,10-11H,8-9,15H2,1-3H3,(H,16,17). The minimum Gasteiger partial charge on any atom is -0.484 e. The van der Waals surface area contributed by atoms with Gasteiger partial charge >= 0.3 is 0 Å². The largest absolute Gasteiger partial charge is 0.484 e. The lowest BCUT2D eigenvalue weighted by Crippen LogP contribution is -2.38. The van der Waals surface area contributed by atoms with Gasteiger partial charge in [0.25, 0.3) is 5.91 Å². The first-order valence-electron chi connectivity index (χ1n) is 6.24. The molecule has 0 bridgehead atoms. The average Bonchev–Trinajstić information content (AvgIpc) is 2.36. The number of carbonyl (C=O) groups excluding carboxylic acids is 1. The molecule has 1 unspecified atom stereocenters. The molecule has 0 radical (unpaired) electrons. The van der Waals surface area contributed by atoms with E-state index in [1.165, 1.54) is 0 Å². The van der Waals surface area contributed by atoms with Crippen LogP contribution in [0, 0.1) is 5.92 Å². The van der Waals surface area contributed by atoms with Crippen LogP contribution in [0.2, 0.25) is 0 Å². The highest BCUT2D eigenvalue weighted by Crippen LogP contribution is 2.11. The first-order valence-corrected chi connectivity index (χ1v) is 6.24. The number of hydrogen-bond acceptors (Lipinski definition) is 3. The number of carbonyl (C=O) groups is 1. The Kier molecular flexibility index (Phi) is 5.65. The van der Waals surface area contributed by atoms with Crippen molar-refractivity contribution >= 4 is 5.91 Å². The summed E-state index contributed by atoms with van der Waals surface area (Å²) < 4.78 is 5.40. The fourth-order valence-electron chi connectivity index (χ4n) is 1.33. The van der Waals surface area contributed by atoms with Gasteiger partial charge in [0.05, 0.1) is 0 Å². The first kappa shape index (κ1) is 14.5. The van der Waals surface area contributed by atoms with Crippen LogP contribution in [-0.4, -0.2) is 18.6 Å². The highest BCUT2D eigenvalue weighted by Gasteiger charge is 2.10. The molecule has 1 aromatic rings. The van der Waals surface area contributed by atoms with E-state index in [0.29, 0.717) is 18.2 Å². The zero-order valence-electron chi connectivity index (χ0n) is 11.3. The van der Waals surface area contributed by atoms with Gasteiger partial charge in [-0.25, -0.2) is 0 Å². The quantitative estimate of drug-likeness (QED) is 0.807. The highest BCUT2D eigenvalue weighted by molar-refractivity contribution is 5.77. The molecule has 0 aromatic heterocycles. The third-order valence-electron chi connectivity index (χ3n) is 2.92. The lowest BCUT2D eigenvalue weighted by Gasteiger charge is -2.17. The van der Waals surface area contributed by atoms with Crippen molar-refractivity contribution in [2.45, 2.75) is 33.4 Å². The second-order valence-corrected chi connectivity index (χ2v) is 4.74. The maximum atomic E-state index is 11.6. The van der Waals surface area contributed by atoms with Crippen LogP contribution in [0.5, 0.6) is 5.75 Å². The van der Waals surface area contributed by atoms with E-state index in [9.17, 15) is 4.79 Å². The van der Waals surface area contributed by atoms with E-state index < -0.39 is 0 Å². The third kappa shape index (κ3) is 4.75. The van der Waals surface area contributed by atoms with Crippen LogP contribution in [0.4, 0.5) is 0 Å². The molecule has 1 atom stereocenters. The monoisotopic (exact) mass is 250 g/mol. The maximum Gasteiger partial charge on any atom is 0.258 e. The number of nitrogens with one attached hydrogen (secondary N) is 1. The number of amides is 1. The van der Waals surface area contributed by atoms with E-state index in [1.807, 2.05) is 31.2 Å². The van der Waals surface area contributed by atoms with E-state index in [0.717, 1.165) is 5.56 Å². The SMILES string of the molecule is CC(C)C(C)NC(=O)COc1ccc(CN)cc1. The van der Waals surface area contributed by atoms with Gasteiger partial charge in [0, 0.05) is 12.6 Å². The summed E-state index contributed by atoms with van der Waals surface area (Å²) in [5.41, 5.74) is 6.54. The van der Waals surface area contributed by atoms with Gasteiger partial charge in [0.15, 0.2) is 6.61 Å². The number of hydrogen-bond donors (Lipinski definition) is 2. The molecule has 100 valence electrons. The molecule has 1 rings (SSSR count). The van der Waals surface area contributed by atoms with Crippen molar-refractivity contribution in [2.24, 2.45) is 11.7 Å². The number of benzene rings is 1. The summed E-state index contributed by atoms with van der Waals surface area (Å²) in [6.45, 7) is 6.67. The second kappa shape index (κ2) is 7.01. The molecule has 0 aliphatic heterocycles. The molecule has 0 aliphatic rings. The van der Waals surface area contributed by atoms with E-state index in [-0.39, 0.29) is 18.6 Å². The molecule has 0 heterocycles. The zero-order valence-corrected chi connectivity index (χ0v) is 11.3. The lowest BCUT2D eigenvalue weighted by atomic mass is 10.1. The highest BCUT2D eigenvalue weighted by atomic mass is 16.5. The van der Waals surface area contributed by atoms with Gasteiger partial charge < -0.3 is 15.8 Å². The smallest absolute Gasteiger partial charge is 0.258 e. The Morgan fingerprint density at radius 1 is 1.28 bits per heavy atom. The van der Waals surface area contributed by atoms with Crippen LogP contribution in [-0.2, 0) is 11.3 Å². The van der Waals surface area contributed by atoms with Crippen molar-refractivity contribution in [1.82, 2.24) is 5.32 Å². The predicted molar refractivity (Wildman–Crippen MR) is 72.3 cm³/mol. The van der Waals surface area contributed by atoms with Crippen LogP contribution >= 0.6 is 0 Å². The summed E-state index contributed by atoms with van der Waals surface area (Å²) in [4.78, 5) is 11.6. The van der Waals surface area contributed by atoms with E-state index in [2.05, 4.69) is 19.2 Å².